The van der Waals surface area contributed by atoms with Crippen molar-refractivity contribution in [3.63, 3.8) is 0 Å². The van der Waals surface area contributed by atoms with Crippen molar-refractivity contribution in [2.45, 2.75) is 5.75 Å². The molecule has 0 aliphatic carbocycles. The zero-order valence-corrected chi connectivity index (χ0v) is 7.88. The van der Waals surface area contributed by atoms with Crippen molar-refractivity contribution in [1.29, 1.82) is 0 Å². The van der Waals surface area contributed by atoms with Gasteiger partial charge in [0, 0.05) is 24.8 Å². The van der Waals surface area contributed by atoms with Crippen LogP contribution in [0.3, 0.4) is 0 Å². The third-order valence-electron chi connectivity index (χ3n) is 1.32. The first-order valence-electron chi connectivity index (χ1n) is 3.75. The maximum absolute atomic E-state index is 4.93. The molecule has 0 aliphatic rings. The highest BCUT2D eigenvalue weighted by Crippen LogP contribution is 2.07. The van der Waals surface area contributed by atoms with Gasteiger partial charge in [-0.3, -0.25) is 0 Å². The van der Waals surface area contributed by atoms with Gasteiger partial charge in [0.05, 0.1) is 12.3 Å². The van der Waals surface area contributed by atoms with Crippen LogP contribution in [0.5, 0.6) is 0 Å². The number of rotatable bonds is 5. The van der Waals surface area contributed by atoms with Crippen molar-refractivity contribution in [2.75, 3.05) is 19.5 Å². The molecular weight excluding hydrogens is 172 g/mol. The fraction of sp³-hybridized carbons (Fsp3) is 0.500. The lowest BCUT2D eigenvalue weighted by Crippen LogP contribution is -1.93. The minimum absolute atomic E-state index is 0.801. The predicted octanol–water partition coefficient (Wildman–Crippen LogP) is 1.36. The van der Waals surface area contributed by atoms with Crippen LogP contribution in [-0.2, 0) is 10.5 Å². The molecule has 4 heteroatoms. The molecule has 0 saturated heterocycles. The Morgan fingerprint density at radius 1 is 1.58 bits per heavy atom. The summed E-state index contributed by atoms with van der Waals surface area (Å²) >= 11 is 1.82. The molecular formula is C8H12N2OS. The predicted molar refractivity (Wildman–Crippen MR) is 50.1 cm³/mol. The summed E-state index contributed by atoms with van der Waals surface area (Å²) in [5.74, 6) is 1.95. The highest BCUT2D eigenvalue weighted by Gasteiger charge is 1.92. The van der Waals surface area contributed by atoms with Gasteiger partial charge in [-0.25, -0.2) is 9.97 Å². The molecule has 0 saturated carbocycles. The molecule has 0 radical (unpaired) electrons. The largest absolute Gasteiger partial charge is 0.384 e. The van der Waals surface area contributed by atoms with Crippen LogP contribution in [0.2, 0.25) is 0 Å². The van der Waals surface area contributed by atoms with Gasteiger partial charge in [0.1, 0.15) is 6.33 Å². The van der Waals surface area contributed by atoms with E-state index in [2.05, 4.69) is 9.97 Å². The normalized spacial score (nSPS) is 10.1. The second kappa shape index (κ2) is 5.97. The topological polar surface area (TPSA) is 35.0 Å². The SMILES string of the molecule is COCCSCc1ccncn1. The molecule has 0 unspecified atom stereocenters. The van der Waals surface area contributed by atoms with Gasteiger partial charge in [-0.1, -0.05) is 0 Å². The van der Waals surface area contributed by atoms with Gasteiger partial charge in [-0.05, 0) is 6.07 Å². The molecule has 1 aromatic rings. The minimum atomic E-state index is 0.801. The number of thioether (sulfide) groups is 1. The summed E-state index contributed by atoms with van der Waals surface area (Å²) in [6, 6.07) is 1.93. The van der Waals surface area contributed by atoms with Crippen molar-refractivity contribution in [1.82, 2.24) is 9.97 Å². The lowest BCUT2D eigenvalue weighted by atomic mass is 10.5. The lowest BCUT2D eigenvalue weighted by Gasteiger charge is -1.98. The van der Waals surface area contributed by atoms with E-state index in [1.807, 2.05) is 17.8 Å². The molecule has 1 aromatic heterocycles. The highest BCUT2D eigenvalue weighted by molar-refractivity contribution is 7.98. The molecule has 0 spiro atoms. The standard InChI is InChI=1S/C8H12N2OS/c1-11-4-5-12-6-8-2-3-9-7-10-8/h2-3,7H,4-6H2,1H3. The van der Waals surface area contributed by atoms with E-state index in [0.717, 1.165) is 23.8 Å². The van der Waals surface area contributed by atoms with Crippen molar-refractivity contribution in [2.24, 2.45) is 0 Å². The molecule has 66 valence electrons. The summed E-state index contributed by atoms with van der Waals surface area (Å²) in [6.45, 7) is 0.801. The van der Waals surface area contributed by atoms with Gasteiger partial charge in [-0.2, -0.15) is 11.8 Å². The third-order valence-corrected chi connectivity index (χ3v) is 2.28. The van der Waals surface area contributed by atoms with Crippen molar-refractivity contribution in [3.05, 3.63) is 24.3 Å². The average Bonchev–Trinajstić information content (AvgIpc) is 2.14. The van der Waals surface area contributed by atoms with Gasteiger partial charge < -0.3 is 4.74 Å². The van der Waals surface area contributed by atoms with Gasteiger partial charge in [-0.15, -0.1) is 0 Å². The summed E-state index contributed by atoms with van der Waals surface area (Å²) in [6.07, 6.45) is 3.34. The Bertz CT molecular complexity index is 205. The molecule has 0 bridgehead atoms. The summed E-state index contributed by atoms with van der Waals surface area (Å²) in [5.41, 5.74) is 1.08. The van der Waals surface area contributed by atoms with E-state index in [0.29, 0.717) is 0 Å². The van der Waals surface area contributed by atoms with E-state index in [1.165, 1.54) is 0 Å². The van der Waals surface area contributed by atoms with Crippen LogP contribution in [0.4, 0.5) is 0 Å². The van der Waals surface area contributed by atoms with E-state index < -0.39 is 0 Å². The number of methoxy groups -OCH3 is 1. The second-order valence-corrected chi connectivity index (χ2v) is 3.35. The quantitative estimate of drug-likeness (QED) is 0.647. The molecule has 0 aromatic carbocycles. The number of nitrogens with zero attached hydrogens (tertiary/aromatic N) is 2. The molecule has 3 nitrogen and oxygen atoms in total. The lowest BCUT2D eigenvalue weighted by molar-refractivity contribution is 0.218. The molecule has 1 rings (SSSR count). The van der Waals surface area contributed by atoms with Crippen molar-refractivity contribution >= 4 is 11.8 Å². The zero-order valence-electron chi connectivity index (χ0n) is 7.06. The van der Waals surface area contributed by atoms with E-state index in [9.17, 15) is 0 Å². The minimum Gasteiger partial charge on any atom is -0.384 e. The first-order valence-corrected chi connectivity index (χ1v) is 4.90. The Morgan fingerprint density at radius 2 is 2.50 bits per heavy atom. The first-order chi connectivity index (χ1) is 5.93. The van der Waals surface area contributed by atoms with E-state index >= 15 is 0 Å². The zero-order chi connectivity index (χ0) is 8.65. The Balaban J connectivity index is 2.16. The van der Waals surface area contributed by atoms with Crippen molar-refractivity contribution < 1.29 is 4.74 Å². The Hall–Kier alpha value is -0.610. The molecule has 0 aliphatic heterocycles. The molecule has 12 heavy (non-hydrogen) atoms. The maximum atomic E-state index is 4.93. The fourth-order valence-electron chi connectivity index (χ4n) is 0.722. The van der Waals surface area contributed by atoms with Gasteiger partial charge >= 0.3 is 0 Å². The summed E-state index contributed by atoms with van der Waals surface area (Å²) in [5, 5.41) is 0. The monoisotopic (exact) mass is 184 g/mol. The van der Waals surface area contributed by atoms with Crippen LogP contribution in [0, 0.1) is 0 Å². The second-order valence-electron chi connectivity index (χ2n) is 2.25. The summed E-state index contributed by atoms with van der Waals surface area (Å²) in [4.78, 5) is 7.95. The van der Waals surface area contributed by atoms with Gasteiger partial charge in [0.2, 0.25) is 0 Å². The Kier molecular flexibility index (Phi) is 4.71. The smallest absolute Gasteiger partial charge is 0.115 e. The molecule has 0 fully saturated rings. The van der Waals surface area contributed by atoms with Gasteiger partial charge in [0.25, 0.3) is 0 Å². The van der Waals surface area contributed by atoms with Crippen LogP contribution >= 0.6 is 11.8 Å². The summed E-state index contributed by atoms with van der Waals surface area (Å²) in [7, 11) is 1.71. The Labute approximate surface area is 76.6 Å². The van der Waals surface area contributed by atoms with E-state index in [4.69, 9.17) is 4.74 Å². The van der Waals surface area contributed by atoms with Crippen LogP contribution in [-0.4, -0.2) is 29.4 Å². The van der Waals surface area contributed by atoms with Crippen LogP contribution in [0.1, 0.15) is 5.69 Å². The molecule has 1 heterocycles. The van der Waals surface area contributed by atoms with Crippen LogP contribution < -0.4 is 0 Å². The summed E-state index contributed by atoms with van der Waals surface area (Å²) < 4.78 is 4.93. The number of hydrogen-bond donors (Lipinski definition) is 0. The maximum Gasteiger partial charge on any atom is 0.115 e. The molecule has 0 N–H and O–H groups in total. The van der Waals surface area contributed by atoms with Crippen LogP contribution in [0.25, 0.3) is 0 Å². The fourth-order valence-corrected chi connectivity index (χ4v) is 1.53. The molecule has 0 amide bonds. The number of aromatic nitrogens is 2. The Morgan fingerprint density at radius 3 is 3.17 bits per heavy atom. The average molecular weight is 184 g/mol. The van der Waals surface area contributed by atoms with E-state index in [-0.39, 0.29) is 0 Å². The number of ether oxygens (including phenoxy) is 1. The van der Waals surface area contributed by atoms with Crippen LogP contribution in [0.15, 0.2) is 18.6 Å². The third kappa shape index (κ3) is 3.69. The first kappa shape index (κ1) is 9.48. The number of hydrogen-bond acceptors (Lipinski definition) is 4. The van der Waals surface area contributed by atoms with Crippen molar-refractivity contribution in [3.8, 4) is 0 Å². The van der Waals surface area contributed by atoms with E-state index in [1.54, 1.807) is 19.6 Å². The highest BCUT2D eigenvalue weighted by atomic mass is 32.2. The van der Waals surface area contributed by atoms with Gasteiger partial charge in [0.15, 0.2) is 0 Å². The molecule has 0 atom stereocenters.